The SMILES string of the molecule is CCCCCCCCCCCC(=O)OC[C@H](COP(=O)(O)OC[C@H](O)COP(=O)(O)OC[C@@H](COC(=O)CCCCCCCCCCCCCC(C)C)OC(=O)CCCCCCCCCCCCCCCCCCC(C)C)OC(=O)CCCCCCCCCCC(C)CC. The number of phosphoric ester groups is 2. The zero-order valence-corrected chi connectivity index (χ0v) is 63.2. The van der Waals surface area contributed by atoms with Crippen LogP contribution in [0.25, 0.3) is 0 Å². The van der Waals surface area contributed by atoms with Crippen molar-refractivity contribution in [2.24, 2.45) is 17.8 Å². The zero-order chi connectivity index (χ0) is 69.4. The molecule has 0 aliphatic carbocycles. The summed E-state index contributed by atoms with van der Waals surface area (Å²) in [6.45, 7) is 11.9. The van der Waals surface area contributed by atoms with E-state index in [2.05, 4.69) is 48.5 Å². The predicted octanol–water partition coefficient (Wildman–Crippen LogP) is 21.8. The van der Waals surface area contributed by atoms with Crippen molar-refractivity contribution in [3.05, 3.63) is 0 Å². The van der Waals surface area contributed by atoms with Crippen molar-refractivity contribution in [3.8, 4) is 0 Å². The van der Waals surface area contributed by atoms with E-state index in [1.54, 1.807) is 0 Å². The Labute approximate surface area is 575 Å². The fourth-order valence-electron chi connectivity index (χ4n) is 11.4. The molecule has 3 unspecified atom stereocenters. The number of aliphatic hydroxyl groups excluding tert-OH is 1. The van der Waals surface area contributed by atoms with Crippen LogP contribution >= 0.6 is 15.6 Å². The number of carbonyl (C=O) groups excluding carboxylic acids is 4. The van der Waals surface area contributed by atoms with E-state index >= 15 is 0 Å². The van der Waals surface area contributed by atoms with E-state index < -0.39 is 97.5 Å². The van der Waals surface area contributed by atoms with Gasteiger partial charge < -0.3 is 33.8 Å². The number of carbonyl (C=O) groups is 4. The van der Waals surface area contributed by atoms with E-state index in [0.29, 0.717) is 25.7 Å². The van der Waals surface area contributed by atoms with Gasteiger partial charge in [0.15, 0.2) is 12.2 Å². The van der Waals surface area contributed by atoms with Gasteiger partial charge in [0.05, 0.1) is 26.4 Å². The predicted molar refractivity (Wildman–Crippen MR) is 381 cm³/mol. The molecule has 0 rings (SSSR count). The monoisotopic (exact) mass is 1380 g/mol. The van der Waals surface area contributed by atoms with E-state index in [9.17, 15) is 43.2 Å². The maximum Gasteiger partial charge on any atom is 0.472 e. The fourth-order valence-corrected chi connectivity index (χ4v) is 13.0. The first kappa shape index (κ1) is 92.1. The third-order valence-corrected chi connectivity index (χ3v) is 19.6. The van der Waals surface area contributed by atoms with Crippen molar-refractivity contribution in [3.63, 3.8) is 0 Å². The van der Waals surface area contributed by atoms with Crippen molar-refractivity contribution in [1.29, 1.82) is 0 Å². The molecule has 0 amide bonds. The second-order valence-corrected chi connectivity index (χ2v) is 31.1. The van der Waals surface area contributed by atoms with Crippen molar-refractivity contribution in [2.75, 3.05) is 39.6 Å². The fraction of sp³-hybridized carbons (Fsp3) is 0.947. The van der Waals surface area contributed by atoms with Crippen LogP contribution in [0.3, 0.4) is 0 Å². The molecule has 0 aliphatic rings. The van der Waals surface area contributed by atoms with E-state index in [0.717, 1.165) is 108 Å². The zero-order valence-electron chi connectivity index (χ0n) is 61.4. The molecule has 19 heteroatoms. The van der Waals surface area contributed by atoms with Gasteiger partial charge in [0.2, 0.25) is 0 Å². The molecule has 0 aliphatic heterocycles. The van der Waals surface area contributed by atoms with Gasteiger partial charge in [-0.25, -0.2) is 9.13 Å². The Morgan fingerprint density at radius 1 is 0.309 bits per heavy atom. The molecule has 0 aromatic heterocycles. The van der Waals surface area contributed by atoms with Crippen LogP contribution < -0.4 is 0 Å². The minimum atomic E-state index is -4.96. The molecule has 0 aromatic rings. The molecule has 0 saturated heterocycles. The van der Waals surface area contributed by atoms with Gasteiger partial charge in [-0.15, -0.1) is 0 Å². The lowest BCUT2D eigenvalue weighted by Crippen LogP contribution is -2.30. The van der Waals surface area contributed by atoms with E-state index in [-0.39, 0.29) is 25.7 Å². The molecule has 0 heterocycles. The van der Waals surface area contributed by atoms with Gasteiger partial charge in [-0.05, 0) is 43.4 Å². The minimum Gasteiger partial charge on any atom is -0.462 e. The summed E-state index contributed by atoms with van der Waals surface area (Å²) in [6, 6.07) is 0. The Kier molecular flexibility index (Phi) is 64.3. The summed E-state index contributed by atoms with van der Waals surface area (Å²) in [7, 11) is -9.91. The molecule has 0 aromatic carbocycles. The standard InChI is InChI=1S/C75H146O17P2/c1-8-10-11-12-13-25-35-42-49-56-72(77)85-62-71(92-75(80)59-52-45-38-31-30-34-41-48-55-68(7)9-2)65-90-94(83,84)88-61-69(76)60-87-93(81,82)89-64-70(63-86-73(78)57-50-43-36-28-24-20-22-27-33-40-47-54-67(5)6)91-74(79)58-51-44-37-29-23-19-17-15-14-16-18-21-26-32-39-46-53-66(3)4/h66-71,76H,8-65H2,1-7H3,(H,81,82)(H,83,84)/t68?,69-,70-,71-/m1/s1. The van der Waals surface area contributed by atoms with Crippen LogP contribution in [-0.2, 0) is 65.4 Å². The lowest BCUT2D eigenvalue weighted by atomic mass is 9.99. The Morgan fingerprint density at radius 3 is 0.809 bits per heavy atom. The number of unbranched alkanes of at least 4 members (excludes halogenated alkanes) is 40. The maximum absolute atomic E-state index is 13.1. The molecule has 558 valence electrons. The highest BCUT2D eigenvalue weighted by molar-refractivity contribution is 7.47. The van der Waals surface area contributed by atoms with Gasteiger partial charge in [-0.1, -0.05) is 331 Å². The average Bonchev–Trinajstić information content (AvgIpc) is 1.73. The lowest BCUT2D eigenvalue weighted by Gasteiger charge is -2.21. The normalized spacial score (nSPS) is 14.4. The molecule has 17 nitrogen and oxygen atoms in total. The maximum atomic E-state index is 13.1. The van der Waals surface area contributed by atoms with Crippen molar-refractivity contribution >= 4 is 39.5 Å². The van der Waals surface area contributed by atoms with Gasteiger partial charge in [0.1, 0.15) is 19.3 Å². The van der Waals surface area contributed by atoms with E-state index in [4.69, 9.17) is 37.0 Å². The number of hydrogen-bond acceptors (Lipinski definition) is 15. The van der Waals surface area contributed by atoms with Crippen LogP contribution in [0.1, 0.15) is 382 Å². The lowest BCUT2D eigenvalue weighted by molar-refractivity contribution is -0.161. The molecule has 0 saturated carbocycles. The third-order valence-electron chi connectivity index (χ3n) is 17.7. The van der Waals surface area contributed by atoms with Gasteiger partial charge in [0.25, 0.3) is 0 Å². The van der Waals surface area contributed by atoms with E-state index in [1.807, 2.05) is 0 Å². The third kappa shape index (κ3) is 67.3. The van der Waals surface area contributed by atoms with Crippen molar-refractivity contribution in [2.45, 2.75) is 401 Å². The van der Waals surface area contributed by atoms with Crippen LogP contribution in [0.2, 0.25) is 0 Å². The quantitative estimate of drug-likeness (QED) is 0.0222. The Morgan fingerprint density at radius 2 is 0.543 bits per heavy atom. The summed E-state index contributed by atoms with van der Waals surface area (Å²) in [6.07, 6.45) is 51.3. The number of aliphatic hydroxyl groups is 1. The Hall–Kier alpha value is -1.94. The molecule has 0 fully saturated rings. The minimum absolute atomic E-state index is 0.105. The Bertz CT molecular complexity index is 1840. The van der Waals surface area contributed by atoms with E-state index in [1.165, 1.54) is 193 Å². The topological polar surface area (TPSA) is 237 Å². The molecule has 0 radical (unpaired) electrons. The molecule has 3 N–H and O–H groups in total. The summed E-state index contributed by atoms with van der Waals surface area (Å²) >= 11 is 0. The number of esters is 4. The van der Waals surface area contributed by atoms with Crippen LogP contribution in [-0.4, -0.2) is 96.7 Å². The highest BCUT2D eigenvalue weighted by Gasteiger charge is 2.30. The second-order valence-electron chi connectivity index (χ2n) is 28.2. The molecular weight excluding hydrogens is 1230 g/mol. The van der Waals surface area contributed by atoms with Gasteiger partial charge in [-0.2, -0.15) is 0 Å². The first-order valence-corrected chi connectivity index (χ1v) is 41.9. The molecule has 0 spiro atoms. The largest absolute Gasteiger partial charge is 0.472 e. The molecular formula is C75H146O17P2. The molecule has 94 heavy (non-hydrogen) atoms. The average molecular weight is 1380 g/mol. The van der Waals surface area contributed by atoms with Crippen molar-refractivity contribution < 1.29 is 80.2 Å². The smallest absolute Gasteiger partial charge is 0.462 e. The Balaban J connectivity index is 5.23. The summed E-state index contributed by atoms with van der Waals surface area (Å²) in [5.41, 5.74) is 0. The number of hydrogen-bond donors (Lipinski definition) is 3. The van der Waals surface area contributed by atoms with Gasteiger partial charge >= 0.3 is 39.5 Å². The van der Waals surface area contributed by atoms with Crippen LogP contribution in [0.15, 0.2) is 0 Å². The summed E-state index contributed by atoms with van der Waals surface area (Å²) < 4.78 is 68.4. The molecule has 6 atom stereocenters. The molecule has 0 bridgehead atoms. The highest BCUT2D eigenvalue weighted by Crippen LogP contribution is 2.45. The summed E-state index contributed by atoms with van der Waals surface area (Å²) in [5, 5.41) is 10.6. The van der Waals surface area contributed by atoms with Crippen LogP contribution in [0.4, 0.5) is 0 Å². The summed E-state index contributed by atoms with van der Waals surface area (Å²) in [5.74, 6) is 0.229. The van der Waals surface area contributed by atoms with Crippen LogP contribution in [0.5, 0.6) is 0 Å². The van der Waals surface area contributed by atoms with Crippen LogP contribution in [0, 0.1) is 17.8 Å². The number of phosphoric acid groups is 2. The highest BCUT2D eigenvalue weighted by atomic mass is 31.2. The van der Waals surface area contributed by atoms with Gasteiger partial charge in [0, 0.05) is 25.7 Å². The second kappa shape index (κ2) is 65.7. The first-order chi connectivity index (χ1) is 45.3. The van der Waals surface area contributed by atoms with Gasteiger partial charge in [-0.3, -0.25) is 37.3 Å². The van der Waals surface area contributed by atoms with Crippen molar-refractivity contribution in [1.82, 2.24) is 0 Å². The number of rotatable bonds is 73. The summed E-state index contributed by atoms with van der Waals surface area (Å²) in [4.78, 5) is 72.7. The number of ether oxygens (including phenoxy) is 4. The first-order valence-electron chi connectivity index (χ1n) is 38.9.